The van der Waals surface area contributed by atoms with Crippen molar-refractivity contribution in [3.05, 3.63) is 51.5 Å². The first-order chi connectivity index (χ1) is 14.0. The zero-order chi connectivity index (χ0) is 23.5. The smallest absolute Gasteiger partial charge is 0.463 e. The lowest BCUT2D eigenvalue weighted by Gasteiger charge is -2.30. The van der Waals surface area contributed by atoms with E-state index in [9.17, 15) is 0 Å². The molecule has 0 N–H and O–H groups in total. The van der Waals surface area contributed by atoms with Gasteiger partial charge in [0.25, 0.3) is 7.12 Å². The molecule has 31 heavy (non-hydrogen) atoms. The Morgan fingerprint density at radius 3 is 1.19 bits per heavy atom. The van der Waals surface area contributed by atoms with Crippen LogP contribution >= 0.6 is 24.4 Å². The van der Waals surface area contributed by atoms with E-state index in [0.717, 1.165) is 14.3 Å². The highest BCUT2D eigenvalue weighted by Gasteiger charge is 2.26. The lowest BCUT2D eigenvalue weighted by molar-refractivity contribution is 0.388. The standard InChI is InChI=1S/C21H34BN6S3/c1-19(2,3)23-10-13-26(16(23)29)22(27-14-11-24(17(27)30)20(4,5)6)28-15-12-25(18(28)31)21(7,8)9/h10-15,22H,1-9H3. The summed E-state index contributed by atoms with van der Waals surface area (Å²) in [6.45, 7) is 19.4. The predicted molar refractivity (Wildman–Crippen MR) is 138 cm³/mol. The van der Waals surface area contributed by atoms with Crippen molar-refractivity contribution in [1.29, 1.82) is 0 Å². The molecule has 0 bridgehead atoms. The normalized spacial score (nSPS) is 13.4. The Labute approximate surface area is 200 Å². The maximum Gasteiger partial charge on any atom is 0.574 e. The Hall–Kier alpha value is -1.65. The van der Waals surface area contributed by atoms with E-state index in [4.69, 9.17) is 36.7 Å². The third-order valence-corrected chi connectivity index (χ3v) is 6.92. The summed E-state index contributed by atoms with van der Waals surface area (Å²) >= 11 is 17.8. The van der Waals surface area contributed by atoms with Crippen LogP contribution in [0.15, 0.2) is 37.2 Å². The molecule has 0 aliphatic carbocycles. The van der Waals surface area contributed by atoms with E-state index in [1.807, 2.05) is 0 Å². The maximum atomic E-state index is 5.94. The molecule has 10 heteroatoms. The molecule has 0 spiro atoms. The quantitative estimate of drug-likeness (QED) is 0.303. The van der Waals surface area contributed by atoms with Gasteiger partial charge in [-0.05, 0) is 105 Å². The topological polar surface area (TPSA) is 29.6 Å². The molecular formula is C21H34BN6S3. The summed E-state index contributed by atoms with van der Waals surface area (Å²) in [4.78, 5) is 0. The van der Waals surface area contributed by atoms with Crippen molar-refractivity contribution in [2.24, 2.45) is 0 Å². The molecule has 3 rings (SSSR count). The fourth-order valence-electron chi connectivity index (χ4n) is 3.91. The fraction of sp³-hybridized carbons (Fsp3) is 0.571. The average Bonchev–Trinajstić information content (AvgIpc) is 3.26. The minimum absolute atomic E-state index is 0.121. The second-order valence-corrected chi connectivity index (χ2v) is 12.3. The number of nitrogens with zero attached hydrogens (tertiary/aromatic N) is 6. The van der Waals surface area contributed by atoms with Crippen LogP contribution in [-0.2, 0) is 28.8 Å². The van der Waals surface area contributed by atoms with Crippen molar-refractivity contribution in [3.8, 4) is 0 Å². The van der Waals surface area contributed by atoms with Crippen LogP contribution in [-0.4, -0.2) is 34.3 Å². The molecule has 3 aromatic heterocycles. The molecule has 0 unspecified atom stereocenters. The van der Waals surface area contributed by atoms with Crippen molar-refractivity contribution in [2.75, 3.05) is 0 Å². The van der Waals surface area contributed by atoms with E-state index in [1.54, 1.807) is 0 Å². The van der Waals surface area contributed by atoms with Crippen molar-refractivity contribution in [2.45, 2.75) is 78.9 Å². The third kappa shape index (κ3) is 4.34. The van der Waals surface area contributed by atoms with Crippen LogP contribution in [0.25, 0.3) is 0 Å². The summed E-state index contributed by atoms with van der Waals surface area (Å²) in [7, 11) is -1.46. The van der Waals surface area contributed by atoms with Gasteiger partial charge in [0.05, 0.1) is 0 Å². The van der Waals surface area contributed by atoms with Gasteiger partial charge >= 0.3 is 17.0 Å². The molecule has 3 aromatic rings. The zero-order valence-corrected chi connectivity index (χ0v) is 22.5. The second kappa shape index (κ2) is 7.74. The molecule has 3 heterocycles. The van der Waals surface area contributed by atoms with Gasteiger partial charge in [-0.15, -0.1) is 0 Å². The van der Waals surface area contributed by atoms with Gasteiger partial charge in [-0.1, -0.05) is 0 Å². The SMILES string of the molecule is CC(C)(C)n1ccn([BH-](n2ccn(C(C)(C)C)c2=S)n2ccn(C(C)(C)C)c2=[S+])c1=S. The number of rotatable bonds is 3. The molecule has 0 saturated heterocycles. The molecule has 0 aromatic carbocycles. The number of hydrogen-bond donors (Lipinski definition) is 0. The molecule has 0 saturated carbocycles. The monoisotopic (exact) mass is 477 g/mol. The van der Waals surface area contributed by atoms with Crippen LogP contribution in [0.5, 0.6) is 0 Å². The Morgan fingerprint density at radius 1 is 0.581 bits per heavy atom. The van der Waals surface area contributed by atoms with Crippen LogP contribution in [0.1, 0.15) is 62.3 Å². The second-order valence-electron chi connectivity index (χ2n) is 11.2. The average molecular weight is 478 g/mol. The Morgan fingerprint density at radius 2 is 0.903 bits per heavy atom. The van der Waals surface area contributed by atoms with Crippen LogP contribution in [0.4, 0.5) is 0 Å². The molecule has 1 radical (unpaired) electrons. The van der Waals surface area contributed by atoms with E-state index in [2.05, 4.69) is 127 Å². The van der Waals surface area contributed by atoms with Crippen LogP contribution in [0.3, 0.4) is 0 Å². The predicted octanol–water partition coefficient (Wildman–Crippen LogP) is 4.96. The summed E-state index contributed by atoms with van der Waals surface area (Å²) < 4.78 is 15.1. The number of imidazole rings is 3. The van der Waals surface area contributed by atoms with Crippen molar-refractivity contribution in [1.82, 2.24) is 27.1 Å². The van der Waals surface area contributed by atoms with E-state index in [-0.39, 0.29) is 16.6 Å². The van der Waals surface area contributed by atoms with Gasteiger partial charge in [-0.3, -0.25) is 4.57 Å². The highest BCUT2D eigenvalue weighted by Crippen LogP contribution is 2.20. The van der Waals surface area contributed by atoms with Crippen LogP contribution in [0.2, 0.25) is 0 Å². The summed E-state index contributed by atoms with van der Waals surface area (Å²) in [5.41, 5.74) is -0.363. The van der Waals surface area contributed by atoms with Crippen LogP contribution < -0.4 is 0 Å². The maximum absolute atomic E-state index is 5.94. The molecule has 0 atom stereocenters. The highest BCUT2D eigenvalue weighted by atomic mass is 32.1. The fourth-order valence-corrected chi connectivity index (χ4v) is 5.44. The first kappa shape index (κ1) is 24.0. The van der Waals surface area contributed by atoms with E-state index >= 15 is 0 Å². The first-order valence-electron chi connectivity index (χ1n) is 10.6. The minimum Gasteiger partial charge on any atom is -0.463 e. The Bertz CT molecular complexity index is 1100. The molecular weight excluding hydrogens is 443 g/mol. The summed E-state index contributed by atoms with van der Waals surface area (Å²) in [6.07, 6.45) is 12.3. The van der Waals surface area contributed by atoms with Crippen molar-refractivity contribution >= 4 is 43.8 Å². The van der Waals surface area contributed by atoms with Gasteiger partial charge in [0, 0.05) is 35.2 Å². The molecule has 6 nitrogen and oxygen atoms in total. The first-order valence-corrected chi connectivity index (χ1v) is 11.8. The Balaban J connectivity index is 2.33. The zero-order valence-electron chi connectivity index (χ0n) is 20.1. The molecule has 0 aliphatic heterocycles. The lowest BCUT2D eigenvalue weighted by Crippen LogP contribution is -2.42. The van der Waals surface area contributed by atoms with E-state index in [0.29, 0.717) is 0 Å². The van der Waals surface area contributed by atoms with E-state index in [1.165, 1.54) is 0 Å². The van der Waals surface area contributed by atoms with Crippen LogP contribution in [0, 0.1) is 14.3 Å². The molecule has 169 valence electrons. The van der Waals surface area contributed by atoms with Gasteiger partial charge in [0.1, 0.15) is 9.54 Å². The molecule has 0 fully saturated rings. The largest absolute Gasteiger partial charge is 0.574 e. The van der Waals surface area contributed by atoms with Gasteiger partial charge in [-0.25, -0.2) is 0 Å². The van der Waals surface area contributed by atoms with E-state index < -0.39 is 7.12 Å². The van der Waals surface area contributed by atoms with Gasteiger partial charge in [0.15, 0.2) is 0 Å². The Kier molecular flexibility index (Phi) is 5.99. The summed E-state index contributed by atoms with van der Waals surface area (Å²) in [5, 5.41) is 0. The molecule has 0 aliphatic rings. The van der Waals surface area contributed by atoms with Gasteiger partial charge < -0.3 is 22.6 Å². The minimum atomic E-state index is -1.46. The van der Waals surface area contributed by atoms with Gasteiger partial charge in [0.2, 0.25) is 0 Å². The van der Waals surface area contributed by atoms with Crippen molar-refractivity contribution < 1.29 is 0 Å². The highest BCUT2D eigenvalue weighted by molar-refractivity contribution is 7.71. The number of hydrogen-bond acceptors (Lipinski definition) is 3. The van der Waals surface area contributed by atoms with Gasteiger partial charge in [-0.2, -0.15) is 0 Å². The summed E-state index contributed by atoms with van der Waals surface area (Å²) in [6, 6.07) is 0. The van der Waals surface area contributed by atoms with Crippen molar-refractivity contribution in [3.63, 3.8) is 0 Å². The number of aromatic nitrogens is 6. The summed E-state index contributed by atoms with van der Waals surface area (Å²) in [5.74, 6) is 0. The lowest BCUT2D eigenvalue weighted by atomic mass is 9.92. The molecule has 0 amide bonds. The third-order valence-electron chi connectivity index (χ3n) is 5.62.